The first kappa shape index (κ1) is 19.9. The van der Waals surface area contributed by atoms with Crippen molar-refractivity contribution >= 4 is 22.8 Å². The zero-order valence-electron chi connectivity index (χ0n) is 17.2. The first-order valence-electron chi connectivity index (χ1n) is 10.1. The van der Waals surface area contributed by atoms with Crippen molar-refractivity contribution in [3.05, 3.63) is 47.8 Å². The van der Waals surface area contributed by atoms with Gasteiger partial charge in [0, 0.05) is 31.2 Å². The Morgan fingerprint density at radius 3 is 2.67 bits per heavy atom. The lowest BCUT2D eigenvalue weighted by molar-refractivity contribution is 0.0610. The molecular formula is C23H25N5O2. The lowest BCUT2D eigenvalue weighted by Crippen LogP contribution is -2.29. The topological polar surface area (TPSA) is 97.3 Å². The van der Waals surface area contributed by atoms with Crippen molar-refractivity contribution in [1.29, 1.82) is 0 Å². The molecule has 3 aromatic rings. The summed E-state index contributed by atoms with van der Waals surface area (Å²) in [5, 5.41) is 11.6. The average Bonchev–Trinajstić information content (AvgIpc) is 3.11. The number of aliphatic hydroxyl groups is 1. The molecule has 154 valence electrons. The van der Waals surface area contributed by atoms with Crippen LogP contribution in [0.25, 0.3) is 16.7 Å². The molecule has 1 saturated carbocycles. The van der Waals surface area contributed by atoms with Crippen LogP contribution in [0.3, 0.4) is 0 Å². The molecule has 0 radical (unpaired) electrons. The minimum atomic E-state index is -0.914. The van der Waals surface area contributed by atoms with Gasteiger partial charge in [-0.05, 0) is 49.9 Å². The summed E-state index contributed by atoms with van der Waals surface area (Å²) in [5.74, 6) is 6.70. The van der Waals surface area contributed by atoms with E-state index in [1.54, 1.807) is 30.9 Å². The molecule has 1 amide bonds. The third-order valence-corrected chi connectivity index (χ3v) is 5.44. The number of hydrogen-bond acceptors (Lipinski definition) is 5. The number of aromatic nitrogens is 3. The van der Waals surface area contributed by atoms with Crippen molar-refractivity contribution in [2.24, 2.45) is 0 Å². The lowest BCUT2D eigenvalue weighted by Gasteiger charge is -2.26. The van der Waals surface area contributed by atoms with Crippen LogP contribution in [0.1, 0.15) is 48.2 Å². The van der Waals surface area contributed by atoms with Gasteiger partial charge in [0.2, 0.25) is 5.95 Å². The highest BCUT2D eigenvalue weighted by molar-refractivity contribution is 5.99. The first-order valence-corrected chi connectivity index (χ1v) is 10.1. The normalized spacial score (nSPS) is 15.4. The van der Waals surface area contributed by atoms with Crippen molar-refractivity contribution in [3.63, 3.8) is 0 Å². The second-order valence-electron chi connectivity index (χ2n) is 7.95. The maximum Gasteiger partial charge on any atom is 0.270 e. The molecule has 1 fully saturated rings. The van der Waals surface area contributed by atoms with Crippen LogP contribution in [0.15, 0.2) is 36.5 Å². The fraction of sp³-hybridized carbons (Fsp3) is 0.348. The highest BCUT2D eigenvalue weighted by Gasteiger charge is 2.26. The quantitative estimate of drug-likeness (QED) is 0.641. The van der Waals surface area contributed by atoms with Gasteiger partial charge in [-0.3, -0.25) is 9.36 Å². The number of carbonyl (C=O) groups is 1. The van der Waals surface area contributed by atoms with Gasteiger partial charge < -0.3 is 15.7 Å². The highest BCUT2D eigenvalue weighted by atomic mass is 16.3. The number of benzene rings is 1. The second-order valence-corrected chi connectivity index (χ2v) is 7.95. The van der Waals surface area contributed by atoms with Crippen molar-refractivity contribution < 1.29 is 9.90 Å². The molecule has 2 heterocycles. The third-order valence-electron chi connectivity index (χ3n) is 5.44. The van der Waals surface area contributed by atoms with Gasteiger partial charge in [0.15, 0.2) is 0 Å². The standard InChI is InChI=1S/C23H25N5O2/c1-27(2)21(29)19-15-17-7-6-16(8-12-23(30)10-4-3-5-11-23)14-18(17)28(19)20-9-13-25-22(24)26-20/h6-7,9,13-15,30H,3-5,10-11H2,1-2H3,(H2,24,25,26). The van der Waals surface area contributed by atoms with Crippen molar-refractivity contribution in [1.82, 2.24) is 19.4 Å². The summed E-state index contributed by atoms with van der Waals surface area (Å²) in [5.41, 5.74) is 6.91. The molecule has 2 aromatic heterocycles. The van der Waals surface area contributed by atoms with E-state index in [4.69, 9.17) is 5.73 Å². The molecule has 4 rings (SSSR count). The van der Waals surface area contributed by atoms with E-state index in [2.05, 4.69) is 21.8 Å². The molecule has 0 atom stereocenters. The van der Waals surface area contributed by atoms with Gasteiger partial charge in [0.05, 0.1) is 5.52 Å². The molecule has 0 unspecified atom stereocenters. The van der Waals surface area contributed by atoms with Gasteiger partial charge in [0.25, 0.3) is 5.91 Å². The van der Waals surface area contributed by atoms with Crippen LogP contribution in [0.2, 0.25) is 0 Å². The summed E-state index contributed by atoms with van der Waals surface area (Å²) in [6.07, 6.45) is 6.13. The van der Waals surface area contributed by atoms with E-state index in [9.17, 15) is 9.90 Å². The minimum absolute atomic E-state index is 0.132. The lowest BCUT2D eigenvalue weighted by atomic mass is 9.85. The summed E-state index contributed by atoms with van der Waals surface area (Å²) < 4.78 is 1.77. The van der Waals surface area contributed by atoms with E-state index in [0.717, 1.165) is 35.7 Å². The Bertz CT molecular complexity index is 1160. The van der Waals surface area contributed by atoms with Crippen molar-refractivity contribution in [3.8, 4) is 17.7 Å². The van der Waals surface area contributed by atoms with Crippen LogP contribution in [0.4, 0.5) is 5.95 Å². The fourth-order valence-corrected chi connectivity index (χ4v) is 3.85. The SMILES string of the molecule is CN(C)C(=O)c1cc2ccc(C#CC3(O)CCCCC3)cc2n1-c1ccnc(N)n1. The predicted octanol–water partition coefficient (Wildman–Crippen LogP) is 2.75. The molecule has 0 spiro atoms. The summed E-state index contributed by atoms with van der Waals surface area (Å²) in [6.45, 7) is 0. The van der Waals surface area contributed by atoms with Crippen LogP contribution in [-0.4, -0.2) is 50.1 Å². The molecule has 3 N–H and O–H groups in total. The Labute approximate surface area is 175 Å². The number of nitrogens with zero attached hydrogens (tertiary/aromatic N) is 4. The van der Waals surface area contributed by atoms with Crippen LogP contribution < -0.4 is 5.73 Å². The van der Waals surface area contributed by atoms with Gasteiger partial charge in [-0.1, -0.05) is 24.3 Å². The number of hydrogen-bond donors (Lipinski definition) is 2. The Kier molecular flexibility index (Phi) is 5.18. The smallest absolute Gasteiger partial charge is 0.270 e. The third kappa shape index (κ3) is 3.87. The van der Waals surface area contributed by atoms with Crippen LogP contribution in [0.5, 0.6) is 0 Å². The molecule has 1 aliphatic rings. The summed E-state index contributed by atoms with van der Waals surface area (Å²) in [6, 6.07) is 9.30. The molecular weight excluding hydrogens is 378 g/mol. The van der Waals surface area contributed by atoms with Crippen LogP contribution in [0, 0.1) is 11.8 Å². The van der Waals surface area contributed by atoms with E-state index in [1.807, 2.05) is 24.3 Å². The maximum absolute atomic E-state index is 12.8. The molecule has 7 nitrogen and oxygen atoms in total. The minimum Gasteiger partial charge on any atom is -0.378 e. The second kappa shape index (κ2) is 7.81. The number of amides is 1. The molecule has 7 heteroatoms. The van der Waals surface area contributed by atoms with Gasteiger partial charge >= 0.3 is 0 Å². The van der Waals surface area contributed by atoms with E-state index in [0.29, 0.717) is 24.4 Å². The van der Waals surface area contributed by atoms with Gasteiger partial charge in [-0.15, -0.1) is 0 Å². The largest absolute Gasteiger partial charge is 0.378 e. The predicted molar refractivity (Wildman–Crippen MR) is 116 cm³/mol. The van der Waals surface area contributed by atoms with E-state index in [-0.39, 0.29) is 11.9 Å². The fourth-order valence-electron chi connectivity index (χ4n) is 3.85. The first-order chi connectivity index (χ1) is 14.4. The Morgan fingerprint density at radius 2 is 1.97 bits per heavy atom. The van der Waals surface area contributed by atoms with Crippen molar-refractivity contribution in [2.45, 2.75) is 37.7 Å². The van der Waals surface area contributed by atoms with Crippen LogP contribution >= 0.6 is 0 Å². The zero-order chi connectivity index (χ0) is 21.3. The summed E-state index contributed by atoms with van der Waals surface area (Å²) >= 11 is 0. The molecule has 0 aliphatic heterocycles. The van der Waals surface area contributed by atoms with Gasteiger partial charge in [-0.25, -0.2) is 4.98 Å². The van der Waals surface area contributed by atoms with Gasteiger partial charge in [0.1, 0.15) is 17.1 Å². The van der Waals surface area contributed by atoms with E-state index >= 15 is 0 Å². The van der Waals surface area contributed by atoms with Gasteiger partial charge in [-0.2, -0.15) is 4.98 Å². The Morgan fingerprint density at radius 1 is 1.20 bits per heavy atom. The zero-order valence-corrected chi connectivity index (χ0v) is 17.2. The van der Waals surface area contributed by atoms with E-state index in [1.165, 1.54) is 4.90 Å². The molecule has 1 aliphatic carbocycles. The highest BCUT2D eigenvalue weighted by Crippen LogP contribution is 2.28. The molecule has 1 aromatic carbocycles. The number of anilines is 1. The number of nitrogen functional groups attached to an aromatic ring is 1. The van der Waals surface area contributed by atoms with Crippen LogP contribution in [-0.2, 0) is 0 Å². The van der Waals surface area contributed by atoms with Crippen molar-refractivity contribution in [2.75, 3.05) is 19.8 Å². The summed E-state index contributed by atoms with van der Waals surface area (Å²) in [7, 11) is 3.42. The average molecular weight is 403 g/mol. The monoisotopic (exact) mass is 403 g/mol. The molecule has 0 saturated heterocycles. The molecule has 30 heavy (non-hydrogen) atoms. The Balaban J connectivity index is 1.85. The number of rotatable bonds is 2. The Hall–Kier alpha value is -3.37. The number of carbonyl (C=O) groups excluding carboxylic acids is 1. The number of fused-ring (bicyclic) bond motifs is 1. The number of nitrogens with two attached hydrogens (primary N) is 1. The maximum atomic E-state index is 12.8. The molecule has 0 bridgehead atoms. The summed E-state index contributed by atoms with van der Waals surface area (Å²) in [4.78, 5) is 22.6. The van der Waals surface area contributed by atoms with E-state index < -0.39 is 5.60 Å².